The molecule has 0 N–H and O–H groups in total. The lowest BCUT2D eigenvalue weighted by molar-refractivity contribution is -0.385. The Kier molecular flexibility index (Phi) is 2.99. The Bertz CT molecular complexity index is 421. The lowest BCUT2D eigenvalue weighted by atomic mass is 10.3. The monoisotopic (exact) mass is 265 g/mol. The molecular formula is C6H4BrNO4S. The molecule has 0 aliphatic heterocycles. The SMILES string of the molecule is O=[N+]([O-])c1ccc([SH](=O)=O)cc1Br. The molecule has 1 aromatic rings. The Morgan fingerprint density at radius 2 is 2.00 bits per heavy atom. The predicted octanol–water partition coefficient (Wildman–Crippen LogP) is 1.33. The summed E-state index contributed by atoms with van der Waals surface area (Å²) in [6.45, 7) is 0. The van der Waals surface area contributed by atoms with Crippen LogP contribution < -0.4 is 0 Å². The third-order valence-electron chi connectivity index (χ3n) is 1.34. The Morgan fingerprint density at radius 1 is 1.38 bits per heavy atom. The maximum Gasteiger partial charge on any atom is 0.283 e. The van der Waals surface area contributed by atoms with Crippen molar-refractivity contribution >= 4 is 32.3 Å². The largest absolute Gasteiger partial charge is 0.283 e. The van der Waals surface area contributed by atoms with Crippen LogP contribution in [0.2, 0.25) is 0 Å². The molecule has 0 fully saturated rings. The quantitative estimate of drug-likeness (QED) is 0.497. The van der Waals surface area contributed by atoms with E-state index in [1.807, 2.05) is 0 Å². The van der Waals surface area contributed by atoms with Crippen molar-refractivity contribution in [3.63, 3.8) is 0 Å². The van der Waals surface area contributed by atoms with Crippen LogP contribution in [0.1, 0.15) is 0 Å². The molecule has 7 heteroatoms. The van der Waals surface area contributed by atoms with E-state index in [-0.39, 0.29) is 15.1 Å². The molecule has 0 aromatic heterocycles. The molecule has 0 aliphatic rings. The first-order valence-corrected chi connectivity index (χ1v) is 5.08. The number of hydrogen-bond donors (Lipinski definition) is 1. The van der Waals surface area contributed by atoms with Crippen LogP contribution >= 0.6 is 15.9 Å². The number of nitro groups is 1. The Balaban J connectivity index is 3.28. The normalized spacial score (nSPS) is 10.3. The minimum absolute atomic E-state index is 0.0486. The van der Waals surface area contributed by atoms with Crippen molar-refractivity contribution in [2.24, 2.45) is 0 Å². The number of rotatable bonds is 2. The van der Waals surface area contributed by atoms with Gasteiger partial charge in [0.25, 0.3) is 5.69 Å². The molecule has 0 bridgehead atoms. The van der Waals surface area contributed by atoms with E-state index in [0.717, 1.165) is 6.07 Å². The second kappa shape index (κ2) is 3.84. The lowest BCUT2D eigenvalue weighted by Gasteiger charge is -1.95. The number of nitrogens with zero attached hydrogens (tertiary/aromatic N) is 1. The fourth-order valence-corrected chi connectivity index (χ4v) is 1.89. The van der Waals surface area contributed by atoms with Crippen molar-refractivity contribution in [2.75, 3.05) is 0 Å². The van der Waals surface area contributed by atoms with E-state index in [9.17, 15) is 18.5 Å². The molecule has 0 saturated heterocycles. The fraction of sp³-hybridized carbons (Fsp3) is 0. The van der Waals surface area contributed by atoms with E-state index in [0.29, 0.717) is 0 Å². The summed E-state index contributed by atoms with van der Waals surface area (Å²) in [6, 6.07) is 3.53. The molecule has 5 nitrogen and oxygen atoms in total. The van der Waals surface area contributed by atoms with Crippen LogP contribution in [0.3, 0.4) is 0 Å². The van der Waals surface area contributed by atoms with E-state index in [4.69, 9.17) is 0 Å². The van der Waals surface area contributed by atoms with Gasteiger partial charge in [-0.15, -0.1) is 0 Å². The molecule has 0 saturated carbocycles. The molecule has 0 amide bonds. The van der Waals surface area contributed by atoms with Crippen LogP contribution in [0, 0.1) is 10.1 Å². The van der Waals surface area contributed by atoms with Crippen molar-refractivity contribution < 1.29 is 13.3 Å². The van der Waals surface area contributed by atoms with Gasteiger partial charge < -0.3 is 0 Å². The first kappa shape index (κ1) is 10.1. The maximum absolute atomic E-state index is 10.5. The minimum atomic E-state index is -2.70. The smallest absolute Gasteiger partial charge is 0.258 e. The molecule has 0 aliphatic carbocycles. The van der Waals surface area contributed by atoms with Gasteiger partial charge >= 0.3 is 0 Å². The zero-order valence-electron chi connectivity index (χ0n) is 6.14. The van der Waals surface area contributed by atoms with E-state index in [1.165, 1.54) is 12.1 Å². The van der Waals surface area contributed by atoms with Crippen molar-refractivity contribution in [3.05, 3.63) is 32.8 Å². The van der Waals surface area contributed by atoms with Gasteiger partial charge in [0, 0.05) is 6.07 Å². The van der Waals surface area contributed by atoms with Crippen molar-refractivity contribution in [1.82, 2.24) is 0 Å². The first-order valence-electron chi connectivity index (χ1n) is 3.10. The highest BCUT2D eigenvalue weighted by molar-refractivity contribution is 9.10. The van der Waals surface area contributed by atoms with Crippen LogP contribution in [0.5, 0.6) is 0 Å². The molecule has 1 aromatic carbocycles. The number of nitro benzene ring substituents is 1. The summed E-state index contributed by atoms with van der Waals surface area (Å²) in [5, 5.41) is 10.3. The van der Waals surface area contributed by atoms with Gasteiger partial charge in [-0.25, -0.2) is 8.42 Å². The number of thiol groups is 1. The summed E-state index contributed by atoms with van der Waals surface area (Å²) >= 11 is 2.91. The van der Waals surface area contributed by atoms with E-state index >= 15 is 0 Å². The highest BCUT2D eigenvalue weighted by Crippen LogP contribution is 2.25. The minimum Gasteiger partial charge on any atom is -0.258 e. The Morgan fingerprint density at radius 3 is 2.38 bits per heavy atom. The molecular weight excluding hydrogens is 262 g/mol. The van der Waals surface area contributed by atoms with Crippen LogP contribution in [0.4, 0.5) is 5.69 Å². The molecule has 0 spiro atoms. The second-order valence-corrected chi connectivity index (χ2v) is 4.03. The van der Waals surface area contributed by atoms with Gasteiger partial charge in [-0.05, 0) is 28.1 Å². The Labute approximate surface area is 83.6 Å². The highest BCUT2D eigenvalue weighted by Gasteiger charge is 2.11. The number of halogens is 1. The van der Waals surface area contributed by atoms with Gasteiger partial charge in [0.15, 0.2) is 10.7 Å². The van der Waals surface area contributed by atoms with E-state index < -0.39 is 15.6 Å². The standard InChI is InChI=1S/C6H4BrNO4S/c7-5-3-4(13(11)12)1-2-6(5)8(9)10/h1-3,13H. The molecule has 0 atom stereocenters. The van der Waals surface area contributed by atoms with Crippen LogP contribution in [-0.2, 0) is 10.7 Å². The molecule has 0 radical (unpaired) electrons. The van der Waals surface area contributed by atoms with Crippen molar-refractivity contribution in [3.8, 4) is 0 Å². The second-order valence-electron chi connectivity index (χ2n) is 2.15. The number of hydrogen-bond acceptors (Lipinski definition) is 4. The van der Waals surface area contributed by atoms with Gasteiger partial charge in [-0.2, -0.15) is 0 Å². The van der Waals surface area contributed by atoms with Crippen LogP contribution in [0.15, 0.2) is 27.6 Å². The van der Waals surface area contributed by atoms with E-state index in [1.54, 1.807) is 0 Å². The Hall–Kier alpha value is -0.950. The summed E-state index contributed by atoms with van der Waals surface area (Å²) in [4.78, 5) is 9.78. The fourth-order valence-electron chi connectivity index (χ4n) is 0.757. The highest BCUT2D eigenvalue weighted by atomic mass is 79.9. The van der Waals surface area contributed by atoms with Gasteiger partial charge in [-0.1, -0.05) is 0 Å². The van der Waals surface area contributed by atoms with E-state index in [2.05, 4.69) is 15.9 Å². The lowest BCUT2D eigenvalue weighted by Crippen LogP contribution is -1.90. The molecule has 13 heavy (non-hydrogen) atoms. The van der Waals surface area contributed by atoms with Gasteiger partial charge in [0.1, 0.15) is 0 Å². The zero-order valence-corrected chi connectivity index (χ0v) is 8.62. The molecule has 0 heterocycles. The van der Waals surface area contributed by atoms with Crippen LogP contribution in [-0.4, -0.2) is 13.3 Å². The first-order chi connectivity index (χ1) is 6.02. The molecule has 1 rings (SSSR count). The topological polar surface area (TPSA) is 77.3 Å². The van der Waals surface area contributed by atoms with Crippen LogP contribution in [0.25, 0.3) is 0 Å². The summed E-state index contributed by atoms with van der Waals surface area (Å²) < 4.78 is 21.1. The predicted molar refractivity (Wildman–Crippen MR) is 49.4 cm³/mol. The summed E-state index contributed by atoms with van der Waals surface area (Å²) in [6.07, 6.45) is 0. The summed E-state index contributed by atoms with van der Waals surface area (Å²) in [7, 11) is -2.70. The summed E-state index contributed by atoms with van der Waals surface area (Å²) in [5.41, 5.74) is -0.152. The van der Waals surface area contributed by atoms with Crippen molar-refractivity contribution in [1.29, 1.82) is 0 Å². The van der Waals surface area contributed by atoms with Gasteiger partial charge in [0.2, 0.25) is 0 Å². The maximum atomic E-state index is 10.5. The third-order valence-corrected chi connectivity index (χ3v) is 2.67. The molecule has 0 unspecified atom stereocenters. The number of benzene rings is 1. The zero-order chi connectivity index (χ0) is 10.0. The average molecular weight is 266 g/mol. The third kappa shape index (κ3) is 2.25. The molecule has 70 valence electrons. The average Bonchev–Trinajstić information content (AvgIpc) is 2.03. The van der Waals surface area contributed by atoms with Crippen molar-refractivity contribution in [2.45, 2.75) is 4.90 Å². The van der Waals surface area contributed by atoms with Gasteiger partial charge in [-0.3, -0.25) is 10.1 Å². The van der Waals surface area contributed by atoms with Gasteiger partial charge in [0.05, 0.1) is 14.3 Å². The summed E-state index contributed by atoms with van der Waals surface area (Å²) in [5.74, 6) is 0.